The van der Waals surface area contributed by atoms with Gasteiger partial charge in [0, 0.05) is 15.5 Å². The molecule has 1 aromatic heterocycles. The van der Waals surface area contributed by atoms with Gasteiger partial charge in [0.15, 0.2) is 5.76 Å². The van der Waals surface area contributed by atoms with Crippen molar-refractivity contribution in [1.82, 2.24) is 0 Å². The Hall–Kier alpha value is -2.25. The molecule has 0 saturated carbocycles. The molecule has 0 saturated heterocycles. The minimum atomic E-state index is -0.165. The van der Waals surface area contributed by atoms with Crippen LogP contribution in [0.15, 0.2) is 57.4 Å². The molecule has 1 amide bonds. The number of Topliss-reactive ketones (excluding diaryl/α,β-unsaturated/α-hetero) is 1. The molecule has 134 valence electrons. The fourth-order valence-electron chi connectivity index (χ4n) is 2.33. The van der Waals surface area contributed by atoms with Gasteiger partial charge < -0.3 is 14.5 Å². The Morgan fingerprint density at radius 3 is 2.62 bits per heavy atom. The lowest BCUT2D eigenvalue weighted by Gasteiger charge is -2.05. The SMILES string of the molecule is COc1ccc(NC(=O)CSCC(=O)c2cc3cc(Br)ccc3o2)cc1. The largest absolute Gasteiger partial charge is 0.497 e. The van der Waals surface area contributed by atoms with Crippen LogP contribution in [0.3, 0.4) is 0 Å². The Kier molecular flexibility index (Phi) is 6.00. The maximum Gasteiger partial charge on any atom is 0.234 e. The highest BCUT2D eigenvalue weighted by Gasteiger charge is 2.13. The van der Waals surface area contributed by atoms with Crippen molar-refractivity contribution in [2.45, 2.75) is 0 Å². The minimum absolute atomic E-state index is 0.139. The summed E-state index contributed by atoms with van der Waals surface area (Å²) in [5.74, 6) is 1.09. The zero-order chi connectivity index (χ0) is 18.5. The van der Waals surface area contributed by atoms with Gasteiger partial charge in [0.1, 0.15) is 11.3 Å². The number of anilines is 1. The molecule has 0 radical (unpaired) electrons. The third-order valence-corrected chi connectivity index (χ3v) is 5.02. The van der Waals surface area contributed by atoms with Crippen LogP contribution < -0.4 is 10.1 Å². The number of fused-ring (bicyclic) bond motifs is 1. The molecule has 1 N–H and O–H groups in total. The molecule has 0 bridgehead atoms. The van der Waals surface area contributed by atoms with Gasteiger partial charge in [-0.1, -0.05) is 15.9 Å². The van der Waals surface area contributed by atoms with Crippen molar-refractivity contribution in [3.8, 4) is 5.75 Å². The van der Waals surface area contributed by atoms with E-state index in [9.17, 15) is 9.59 Å². The first-order valence-corrected chi connectivity index (χ1v) is 9.74. The van der Waals surface area contributed by atoms with E-state index in [4.69, 9.17) is 9.15 Å². The highest BCUT2D eigenvalue weighted by atomic mass is 79.9. The number of ketones is 1. The number of hydrogen-bond donors (Lipinski definition) is 1. The summed E-state index contributed by atoms with van der Waals surface area (Å²) >= 11 is 4.64. The van der Waals surface area contributed by atoms with E-state index in [0.717, 1.165) is 15.6 Å². The second kappa shape index (κ2) is 8.42. The first kappa shape index (κ1) is 18.5. The molecule has 0 aliphatic rings. The van der Waals surface area contributed by atoms with Crippen LogP contribution in [0.2, 0.25) is 0 Å². The van der Waals surface area contributed by atoms with Crippen molar-refractivity contribution in [3.05, 3.63) is 58.8 Å². The Morgan fingerprint density at radius 1 is 1.12 bits per heavy atom. The van der Waals surface area contributed by atoms with Crippen molar-refractivity contribution < 1.29 is 18.7 Å². The van der Waals surface area contributed by atoms with Crippen LogP contribution in [-0.4, -0.2) is 30.3 Å². The molecule has 26 heavy (non-hydrogen) atoms. The highest BCUT2D eigenvalue weighted by Crippen LogP contribution is 2.24. The molecule has 3 rings (SSSR count). The maximum atomic E-state index is 12.2. The molecule has 3 aromatic rings. The smallest absolute Gasteiger partial charge is 0.234 e. The lowest BCUT2D eigenvalue weighted by molar-refractivity contribution is -0.113. The van der Waals surface area contributed by atoms with Crippen LogP contribution in [0.25, 0.3) is 11.0 Å². The van der Waals surface area contributed by atoms with Gasteiger partial charge in [0.25, 0.3) is 0 Å². The standard InChI is InChI=1S/C19H16BrNO4S/c1-24-15-5-3-14(4-6-15)21-19(23)11-26-10-16(22)18-9-12-8-13(20)2-7-17(12)25-18/h2-9H,10-11H2,1H3,(H,21,23). The van der Waals surface area contributed by atoms with Gasteiger partial charge >= 0.3 is 0 Å². The number of methoxy groups -OCH3 is 1. The van der Waals surface area contributed by atoms with Gasteiger partial charge in [-0.25, -0.2) is 0 Å². The number of furan rings is 1. The molecular weight excluding hydrogens is 418 g/mol. The second-order valence-electron chi connectivity index (χ2n) is 5.49. The Labute approximate surface area is 163 Å². The average Bonchev–Trinajstić information content (AvgIpc) is 3.05. The molecule has 5 nitrogen and oxygen atoms in total. The number of carbonyl (C=O) groups excluding carboxylic acids is 2. The number of benzene rings is 2. The molecule has 0 spiro atoms. The number of amides is 1. The van der Waals surface area contributed by atoms with Gasteiger partial charge in [0.2, 0.25) is 11.7 Å². The summed E-state index contributed by atoms with van der Waals surface area (Å²) in [5, 5.41) is 3.64. The summed E-state index contributed by atoms with van der Waals surface area (Å²) in [4.78, 5) is 24.2. The van der Waals surface area contributed by atoms with E-state index in [1.165, 1.54) is 11.8 Å². The number of rotatable bonds is 7. The van der Waals surface area contributed by atoms with Crippen LogP contribution in [0.1, 0.15) is 10.6 Å². The van der Waals surface area contributed by atoms with E-state index in [1.54, 1.807) is 37.4 Å². The topological polar surface area (TPSA) is 68.5 Å². The predicted octanol–water partition coefficient (Wildman–Crippen LogP) is 4.76. The van der Waals surface area contributed by atoms with Crippen LogP contribution >= 0.6 is 27.7 Å². The summed E-state index contributed by atoms with van der Waals surface area (Å²) < 4.78 is 11.6. The van der Waals surface area contributed by atoms with Crippen LogP contribution in [0, 0.1) is 0 Å². The molecule has 0 unspecified atom stereocenters. The maximum absolute atomic E-state index is 12.2. The van der Waals surface area contributed by atoms with E-state index in [1.807, 2.05) is 18.2 Å². The van der Waals surface area contributed by atoms with E-state index in [0.29, 0.717) is 17.0 Å². The summed E-state index contributed by atoms with van der Waals surface area (Å²) in [6.07, 6.45) is 0. The molecule has 7 heteroatoms. The molecule has 0 fully saturated rings. The number of nitrogens with one attached hydrogen (secondary N) is 1. The Balaban J connectivity index is 1.49. The van der Waals surface area contributed by atoms with Gasteiger partial charge in [0.05, 0.1) is 18.6 Å². The van der Waals surface area contributed by atoms with Crippen molar-refractivity contribution in [2.75, 3.05) is 23.9 Å². The van der Waals surface area contributed by atoms with E-state index in [-0.39, 0.29) is 23.2 Å². The molecule has 0 atom stereocenters. The van der Waals surface area contributed by atoms with E-state index >= 15 is 0 Å². The lowest BCUT2D eigenvalue weighted by Crippen LogP contribution is -2.15. The fourth-order valence-corrected chi connectivity index (χ4v) is 3.40. The van der Waals surface area contributed by atoms with Crippen molar-refractivity contribution >= 4 is 56.0 Å². The van der Waals surface area contributed by atoms with Gasteiger partial charge in [-0.2, -0.15) is 0 Å². The van der Waals surface area contributed by atoms with Crippen LogP contribution in [-0.2, 0) is 4.79 Å². The van der Waals surface area contributed by atoms with Crippen molar-refractivity contribution in [2.24, 2.45) is 0 Å². The summed E-state index contributed by atoms with van der Waals surface area (Å²) in [6, 6.07) is 14.4. The third-order valence-electron chi connectivity index (χ3n) is 3.59. The first-order chi connectivity index (χ1) is 12.5. The predicted molar refractivity (Wildman–Crippen MR) is 107 cm³/mol. The van der Waals surface area contributed by atoms with Gasteiger partial charge in [-0.3, -0.25) is 9.59 Å². The number of halogens is 1. The number of hydrogen-bond acceptors (Lipinski definition) is 5. The monoisotopic (exact) mass is 433 g/mol. The summed E-state index contributed by atoms with van der Waals surface area (Å²) in [7, 11) is 1.59. The lowest BCUT2D eigenvalue weighted by atomic mass is 10.2. The summed E-state index contributed by atoms with van der Waals surface area (Å²) in [6.45, 7) is 0. The summed E-state index contributed by atoms with van der Waals surface area (Å²) in [5.41, 5.74) is 1.35. The normalized spacial score (nSPS) is 10.7. The van der Waals surface area contributed by atoms with Crippen LogP contribution in [0.5, 0.6) is 5.75 Å². The highest BCUT2D eigenvalue weighted by molar-refractivity contribution is 9.10. The van der Waals surface area contributed by atoms with Crippen molar-refractivity contribution in [3.63, 3.8) is 0 Å². The second-order valence-corrected chi connectivity index (χ2v) is 7.39. The molecular formula is C19H16BrNO4S. The molecule has 2 aromatic carbocycles. The van der Waals surface area contributed by atoms with Crippen molar-refractivity contribution in [1.29, 1.82) is 0 Å². The number of carbonyl (C=O) groups is 2. The van der Waals surface area contributed by atoms with E-state index < -0.39 is 0 Å². The zero-order valence-corrected chi connectivity index (χ0v) is 16.4. The Morgan fingerprint density at radius 2 is 1.88 bits per heavy atom. The number of ether oxygens (including phenoxy) is 1. The minimum Gasteiger partial charge on any atom is -0.497 e. The van der Waals surface area contributed by atoms with Gasteiger partial charge in [-0.15, -0.1) is 11.8 Å². The molecule has 0 aliphatic heterocycles. The first-order valence-electron chi connectivity index (χ1n) is 7.79. The number of thioether (sulfide) groups is 1. The Bertz CT molecular complexity index is 936. The molecule has 1 heterocycles. The quantitative estimate of drug-likeness (QED) is 0.544. The third kappa shape index (κ3) is 4.68. The fraction of sp³-hybridized carbons (Fsp3) is 0.158. The zero-order valence-electron chi connectivity index (χ0n) is 14.0. The van der Waals surface area contributed by atoms with Gasteiger partial charge in [-0.05, 0) is 48.5 Å². The van der Waals surface area contributed by atoms with Crippen LogP contribution in [0.4, 0.5) is 5.69 Å². The molecule has 0 aliphatic carbocycles. The van der Waals surface area contributed by atoms with E-state index in [2.05, 4.69) is 21.2 Å². The average molecular weight is 434 g/mol.